The normalized spacial score (nSPS) is 12.0. The Balaban J connectivity index is 1.52. The Labute approximate surface area is 128 Å². The first kappa shape index (κ1) is 15.7. The van der Waals surface area contributed by atoms with Gasteiger partial charge in [-0.1, -0.05) is 24.3 Å². The first-order chi connectivity index (χ1) is 10.3. The lowest BCUT2D eigenvalue weighted by molar-refractivity contribution is 0.306. The zero-order chi connectivity index (χ0) is 14.8. The SMILES string of the molecule is O=S(CCCCCOc1ccccc1)Cc1ccccn1. The van der Waals surface area contributed by atoms with Crippen LogP contribution in [0.15, 0.2) is 54.7 Å². The van der Waals surface area contributed by atoms with E-state index in [1.165, 1.54) is 0 Å². The second-order valence-electron chi connectivity index (χ2n) is 4.83. The molecule has 1 aromatic carbocycles. The Morgan fingerprint density at radius 3 is 2.52 bits per heavy atom. The molecule has 0 fully saturated rings. The van der Waals surface area contributed by atoms with Crippen LogP contribution in [-0.2, 0) is 16.6 Å². The van der Waals surface area contributed by atoms with E-state index in [-0.39, 0.29) is 0 Å². The number of nitrogens with zero attached hydrogens (tertiary/aromatic N) is 1. The highest BCUT2D eigenvalue weighted by Crippen LogP contribution is 2.09. The van der Waals surface area contributed by atoms with Crippen LogP contribution in [-0.4, -0.2) is 21.6 Å². The Morgan fingerprint density at radius 2 is 1.76 bits per heavy atom. The van der Waals surface area contributed by atoms with Gasteiger partial charge >= 0.3 is 0 Å². The van der Waals surface area contributed by atoms with E-state index in [0.717, 1.165) is 43.1 Å². The lowest BCUT2D eigenvalue weighted by Crippen LogP contribution is -2.03. The largest absolute Gasteiger partial charge is 0.494 e. The monoisotopic (exact) mass is 303 g/mol. The Kier molecular flexibility index (Phi) is 6.95. The van der Waals surface area contributed by atoms with Crippen molar-refractivity contribution >= 4 is 10.8 Å². The Hall–Kier alpha value is -1.68. The molecule has 0 saturated heterocycles. The highest BCUT2D eigenvalue weighted by atomic mass is 32.2. The molecule has 2 aromatic rings. The predicted octanol–water partition coefficient (Wildman–Crippen LogP) is 3.58. The van der Waals surface area contributed by atoms with Gasteiger partial charge in [0, 0.05) is 22.7 Å². The molecule has 0 spiro atoms. The summed E-state index contributed by atoms with van der Waals surface area (Å²) in [6.45, 7) is 0.719. The molecule has 0 N–H and O–H groups in total. The van der Waals surface area contributed by atoms with Gasteiger partial charge in [0.1, 0.15) is 5.75 Å². The van der Waals surface area contributed by atoms with E-state index in [4.69, 9.17) is 4.74 Å². The summed E-state index contributed by atoms with van der Waals surface area (Å²) in [4.78, 5) is 4.20. The Morgan fingerprint density at radius 1 is 0.952 bits per heavy atom. The van der Waals surface area contributed by atoms with Gasteiger partial charge in [-0.05, 0) is 43.5 Å². The van der Waals surface area contributed by atoms with Gasteiger partial charge in [0.05, 0.1) is 18.1 Å². The molecule has 112 valence electrons. The van der Waals surface area contributed by atoms with Crippen molar-refractivity contribution in [3.8, 4) is 5.75 Å². The van der Waals surface area contributed by atoms with Crippen molar-refractivity contribution in [2.45, 2.75) is 25.0 Å². The number of rotatable bonds is 9. The van der Waals surface area contributed by atoms with Gasteiger partial charge in [0.25, 0.3) is 0 Å². The molecule has 0 aliphatic rings. The van der Waals surface area contributed by atoms with E-state index < -0.39 is 10.8 Å². The van der Waals surface area contributed by atoms with Crippen LogP contribution in [0.5, 0.6) is 5.75 Å². The average Bonchev–Trinajstić information content (AvgIpc) is 2.53. The van der Waals surface area contributed by atoms with Crippen molar-refractivity contribution in [2.75, 3.05) is 12.4 Å². The molecule has 0 aliphatic heterocycles. The quantitative estimate of drug-likeness (QED) is 0.665. The van der Waals surface area contributed by atoms with Gasteiger partial charge in [-0.25, -0.2) is 0 Å². The molecule has 1 aromatic heterocycles. The molecule has 1 unspecified atom stereocenters. The standard InChI is InChI=1S/C17H21NO2S/c19-21(15-16-9-5-6-12-18-16)14-8-2-7-13-20-17-10-3-1-4-11-17/h1,3-6,9-12H,2,7-8,13-15H2. The molecular weight excluding hydrogens is 282 g/mol. The van der Waals surface area contributed by atoms with E-state index in [0.29, 0.717) is 5.75 Å². The summed E-state index contributed by atoms with van der Waals surface area (Å²) in [5, 5.41) is 0. The van der Waals surface area contributed by atoms with E-state index in [1.807, 2.05) is 48.5 Å². The maximum Gasteiger partial charge on any atom is 0.119 e. The van der Waals surface area contributed by atoms with Crippen LogP contribution in [0.2, 0.25) is 0 Å². The summed E-state index contributed by atoms with van der Waals surface area (Å²) in [5.41, 5.74) is 0.906. The highest BCUT2D eigenvalue weighted by molar-refractivity contribution is 7.84. The first-order valence-electron chi connectivity index (χ1n) is 7.27. The van der Waals surface area contributed by atoms with Crippen molar-refractivity contribution in [2.24, 2.45) is 0 Å². The lowest BCUT2D eigenvalue weighted by Gasteiger charge is -2.05. The van der Waals surface area contributed by atoms with Crippen molar-refractivity contribution in [3.63, 3.8) is 0 Å². The fourth-order valence-electron chi connectivity index (χ4n) is 1.97. The molecule has 4 heteroatoms. The highest BCUT2D eigenvalue weighted by Gasteiger charge is 2.02. The Bertz CT molecular complexity index is 531. The van der Waals surface area contributed by atoms with Gasteiger partial charge in [-0.3, -0.25) is 9.19 Å². The smallest absolute Gasteiger partial charge is 0.119 e. The first-order valence-corrected chi connectivity index (χ1v) is 8.76. The maximum absolute atomic E-state index is 11.9. The van der Waals surface area contributed by atoms with E-state index >= 15 is 0 Å². The third-order valence-electron chi connectivity index (χ3n) is 3.06. The minimum Gasteiger partial charge on any atom is -0.494 e. The summed E-state index contributed by atoms with van der Waals surface area (Å²) in [5.74, 6) is 2.21. The number of benzene rings is 1. The minimum atomic E-state index is -0.816. The number of pyridine rings is 1. The topological polar surface area (TPSA) is 39.2 Å². The fraction of sp³-hybridized carbons (Fsp3) is 0.353. The molecule has 2 rings (SSSR count). The van der Waals surface area contributed by atoms with E-state index in [1.54, 1.807) is 6.20 Å². The van der Waals surface area contributed by atoms with Crippen molar-refractivity contribution in [1.82, 2.24) is 4.98 Å². The minimum absolute atomic E-state index is 0.557. The number of hydrogen-bond donors (Lipinski definition) is 0. The van der Waals surface area contributed by atoms with Crippen LogP contribution in [0, 0.1) is 0 Å². The second-order valence-corrected chi connectivity index (χ2v) is 6.41. The zero-order valence-electron chi connectivity index (χ0n) is 12.1. The zero-order valence-corrected chi connectivity index (χ0v) is 12.9. The van der Waals surface area contributed by atoms with Crippen LogP contribution in [0.4, 0.5) is 0 Å². The third kappa shape index (κ3) is 6.54. The molecule has 0 aliphatic carbocycles. The van der Waals surface area contributed by atoms with Crippen LogP contribution in [0.3, 0.4) is 0 Å². The summed E-state index contributed by atoms with van der Waals surface area (Å²) < 4.78 is 17.5. The number of para-hydroxylation sites is 1. The van der Waals surface area contributed by atoms with Crippen LogP contribution >= 0.6 is 0 Å². The van der Waals surface area contributed by atoms with Gasteiger partial charge < -0.3 is 4.74 Å². The number of hydrogen-bond acceptors (Lipinski definition) is 3. The maximum atomic E-state index is 11.9. The second kappa shape index (κ2) is 9.29. The van der Waals surface area contributed by atoms with Crippen LogP contribution in [0.1, 0.15) is 25.0 Å². The lowest BCUT2D eigenvalue weighted by atomic mass is 10.3. The van der Waals surface area contributed by atoms with Crippen LogP contribution < -0.4 is 4.74 Å². The molecule has 1 atom stereocenters. The van der Waals surface area contributed by atoms with Gasteiger partial charge in [-0.15, -0.1) is 0 Å². The number of unbranched alkanes of at least 4 members (excludes halogenated alkanes) is 2. The van der Waals surface area contributed by atoms with Crippen molar-refractivity contribution in [3.05, 3.63) is 60.4 Å². The van der Waals surface area contributed by atoms with Gasteiger partial charge in [-0.2, -0.15) is 0 Å². The van der Waals surface area contributed by atoms with E-state index in [2.05, 4.69) is 4.98 Å². The molecule has 21 heavy (non-hydrogen) atoms. The summed E-state index contributed by atoms with van der Waals surface area (Å²) in [6.07, 6.45) is 4.75. The summed E-state index contributed by atoms with van der Waals surface area (Å²) >= 11 is 0. The molecule has 1 heterocycles. The van der Waals surface area contributed by atoms with E-state index in [9.17, 15) is 4.21 Å². The summed E-state index contributed by atoms with van der Waals surface area (Å²) in [6, 6.07) is 15.6. The van der Waals surface area contributed by atoms with Crippen molar-refractivity contribution in [1.29, 1.82) is 0 Å². The van der Waals surface area contributed by atoms with Crippen LogP contribution in [0.25, 0.3) is 0 Å². The average molecular weight is 303 g/mol. The molecule has 0 amide bonds. The third-order valence-corrected chi connectivity index (χ3v) is 4.43. The van der Waals surface area contributed by atoms with Crippen molar-refractivity contribution < 1.29 is 8.95 Å². The van der Waals surface area contributed by atoms with Gasteiger partial charge in [0.2, 0.25) is 0 Å². The molecular formula is C17H21NO2S. The predicted molar refractivity (Wildman–Crippen MR) is 86.7 cm³/mol. The number of ether oxygens (including phenoxy) is 1. The molecule has 0 radical (unpaired) electrons. The molecule has 3 nitrogen and oxygen atoms in total. The molecule has 0 saturated carbocycles. The summed E-state index contributed by atoms with van der Waals surface area (Å²) in [7, 11) is -0.816. The van der Waals surface area contributed by atoms with Gasteiger partial charge in [0.15, 0.2) is 0 Å². The molecule has 0 bridgehead atoms. The fourth-order valence-corrected chi connectivity index (χ4v) is 3.14. The number of aromatic nitrogens is 1.